The highest BCUT2D eigenvalue weighted by molar-refractivity contribution is 9.10. The van der Waals surface area contributed by atoms with E-state index in [4.69, 9.17) is 9.47 Å². The normalized spacial score (nSPS) is 11.5. The molecule has 29 heavy (non-hydrogen) atoms. The van der Waals surface area contributed by atoms with Crippen molar-refractivity contribution in [2.45, 2.75) is 32.4 Å². The maximum absolute atomic E-state index is 13.0. The molecule has 2 amide bonds. The molecule has 0 bridgehead atoms. The number of amides is 2. The van der Waals surface area contributed by atoms with E-state index >= 15 is 0 Å². The number of benzene rings is 2. The van der Waals surface area contributed by atoms with Crippen molar-refractivity contribution in [2.24, 2.45) is 0 Å². The molecule has 6 nitrogen and oxygen atoms in total. The lowest BCUT2D eigenvalue weighted by molar-refractivity contribution is -0.140. The van der Waals surface area contributed by atoms with Crippen LogP contribution in [0.25, 0.3) is 0 Å². The van der Waals surface area contributed by atoms with Crippen LogP contribution in [0.4, 0.5) is 0 Å². The van der Waals surface area contributed by atoms with Crippen molar-refractivity contribution in [2.75, 3.05) is 21.3 Å². The number of hydrogen-bond donors (Lipinski definition) is 1. The molecule has 2 aromatic carbocycles. The highest BCUT2D eigenvalue weighted by Crippen LogP contribution is 2.28. The van der Waals surface area contributed by atoms with E-state index < -0.39 is 6.04 Å². The summed E-state index contributed by atoms with van der Waals surface area (Å²) in [6.45, 7) is 2.11. The number of carbonyl (C=O) groups is 2. The van der Waals surface area contributed by atoms with Crippen molar-refractivity contribution in [1.29, 1.82) is 0 Å². The van der Waals surface area contributed by atoms with Crippen LogP contribution in [-0.2, 0) is 22.6 Å². The second-order valence-electron chi connectivity index (χ2n) is 6.63. The van der Waals surface area contributed by atoms with Gasteiger partial charge in [-0.1, -0.05) is 34.1 Å². The van der Waals surface area contributed by atoms with Gasteiger partial charge < -0.3 is 19.7 Å². The van der Waals surface area contributed by atoms with Crippen LogP contribution in [0.15, 0.2) is 46.9 Å². The summed E-state index contributed by atoms with van der Waals surface area (Å²) in [4.78, 5) is 26.8. The second kappa shape index (κ2) is 10.9. The molecule has 0 aliphatic heterocycles. The monoisotopic (exact) mass is 462 g/mol. The number of hydrogen-bond acceptors (Lipinski definition) is 4. The lowest BCUT2D eigenvalue weighted by Gasteiger charge is -2.28. The molecule has 1 atom stereocenters. The molecule has 1 N–H and O–H groups in total. The summed E-state index contributed by atoms with van der Waals surface area (Å²) in [5.74, 6) is 0.996. The van der Waals surface area contributed by atoms with Crippen LogP contribution in [0.1, 0.15) is 24.5 Å². The first-order chi connectivity index (χ1) is 13.9. The number of likely N-dealkylation sites (N-methyl/N-ethyl adjacent to an activating group) is 1. The van der Waals surface area contributed by atoms with Crippen LogP contribution in [-0.4, -0.2) is 44.0 Å². The lowest BCUT2D eigenvalue weighted by atomic mass is 10.1. The van der Waals surface area contributed by atoms with Crippen molar-refractivity contribution in [1.82, 2.24) is 10.2 Å². The average Bonchev–Trinajstić information content (AvgIpc) is 2.75. The Kier molecular flexibility index (Phi) is 8.51. The fraction of sp³-hybridized carbons (Fsp3) is 0.364. The predicted molar refractivity (Wildman–Crippen MR) is 116 cm³/mol. The van der Waals surface area contributed by atoms with Crippen LogP contribution < -0.4 is 14.8 Å². The Morgan fingerprint density at radius 3 is 2.24 bits per heavy atom. The van der Waals surface area contributed by atoms with Gasteiger partial charge >= 0.3 is 0 Å². The van der Waals surface area contributed by atoms with Gasteiger partial charge in [0, 0.05) is 24.5 Å². The minimum absolute atomic E-state index is 0.0844. The van der Waals surface area contributed by atoms with E-state index in [1.807, 2.05) is 42.5 Å². The third kappa shape index (κ3) is 6.22. The number of aryl methyl sites for hydroxylation is 1. The van der Waals surface area contributed by atoms with Gasteiger partial charge in [0.1, 0.15) is 6.04 Å². The van der Waals surface area contributed by atoms with E-state index in [0.717, 1.165) is 15.6 Å². The van der Waals surface area contributed by atoms with Gasteiger partial charge in [0.05, 0.1) is 14.2 Å². The zero-order valence-corrected chi connectivity index (χ0v) is 18.8. The van der Waals surface area contributed by atoms with E-state index in [9.17, 15) is 9.59 Å². The summed E-state index contributed by atoms with van der Waals surface area (Å²) in [7, 11) is 4.74. The zero-order valence-electron chi connectivity index (χ0n) is 17.2. The minimum atomic E-state index is -0.568. The molecular formula is C22H27BrN2O4. The number of ether oxygens (including phenoxy) is 2. The molecule has 0 saturated carbocycles. The summed E-state index contributed by atoms with van der Waals surface area (Å²) in [6, 6.07) is 12.8. The van der Waals surface area contributed by atoms with Gasteiger partial charge in [-0.15, -0.1) is 0 Å². The number of carbonyl (C=O) groups excluding carboxylic acids is 2. The fourth-order valence-corrected chi connectivity index (χ4v) is 3.27. The Hall–Kier alpha value is -2.54. The largest absolute Gasteiger partial charge is 0.493 e. The topological polar surface area (TPSA) is 67.9 Å². The van der Waals surface area contributed by atoms with E-state index in [-0.39, 0.29) is 18.2 Å². The van der Waals surface area contributed by atoms with Gasteiger partial charge in [0.25, 0.3) is 0 Å². The fourth-order valence-electron chi connectivity index (χ4n) is 3.01. The SMILES string of the molecule is CNC(=O)C(C)N(Cc1ccc(Br)cc1)C(=O)CCc1ccc(OC)c(OC)c1. The lowest BCUT2D eigenvalue weighted by Crippen LogP contribution is -2.46. The van der Waals surface area contributed by atoms with Crippen molar-refractivity contribution >= 4 is 27.7 Å². The molecule has 0 saturated heterocycles. The van der Waals surface area contributed by atoms with Gasteiger partial charge in [-0.3, -0.25) is 9.59 Å². The first-order valence-corrected chi connectivity index (χ1v) is 10.1. The first-order valence-electron chi connectivity index (χ1n) is 9.36. The Morgan fingerprint density at radius 2 is 1.66 bits per heavy atom. The van der Waals surface area contributed by atoms with Crippen molar-refractivity contribution in [3.05, 3.63) is 58.1 Å². The van der Waals surface area contributed by atoms with Crippen molar-refractivity contribution < 1.29 is 19.1 Å². The average molecular weight is 463 g/mol. The minimum Gasteiger partial charge on any atom is -0.493 e. The third-order valence-corrected chi connectivity index (χ3v) is 5.28. The highest BCUT2D eigenvalue weighted by Gasteiger charge is 2.25. The Balaban J connectivity index is 2.14. The summed E-state index contributed by atoms with van der Waals surface area (Å²) in [6.07, 6.45) is 0.823. The van der Waals surface area contributed by atoms with Crippen molar-refractivity contribution in [3.63, 3.8) is 0 Å². The zero-order chi connectivity index (χ0) is 21.4. The summed E-state index contributed by atoms with van der Waals surface area (Å²) in [5.41, 5.74) is 1.93. The van der Waals surface area contributed by atoms with E-state index in [1.54, 1.807) is 33.1 Å². The number of methoxy groups -OCH3 is 2. The predicted octanol–water partition coefficient (Wildman–Crippen LogP) is 3.56. The van der Waals surface area contributed by atoms with E-state index in [0.29, 0.717) is 24.5 Å². The molecule has 0 fully saturated rings. The van der Waals surface area contributed by atoms with E-state index in [2.05, 4.69) is 21.2 Å². The molecule has 156 valence electrons. The standard InChI is InChI=1S/C22H27BrN2O4/c1-15(22(27)24-2)25(14-17-5-9-18(23)10-6-17)21(26)12-8-16-7-11-19(28-3)20(13-16)29-4/h5-7,9-11,13,15H,8,12,14H2,1-4H3,(H,24,27). The molecule has 0 aromatic heterocycles. The number of rotatable bonds is 9. The molecule has 1 unspecified atom stereocenters. The summed E-state index contributed by atoms with van der Waals surface area (Å²) in [5, 5.41) is 2.63. The van der Waals surface area contributed by atoms with Gasteiger partial charge in [0.15, 0.2) is 11.5 Å². The maximum Gasteiger partial charge on any atom is 0.242 e. The highest BCUT2D eigenvalue weighted by atomic mass is 79.9. The Labute approximate surface area is 180 Å². The molecule has 0 aliphatic rings. The number of halogens is 1. The Morgan fingerprint density at radius 1 is 1.03 bits per heavy atom. The quantitative estimate of drug-likeness (QED) is 0.618. The van der Waals surface area contributed by atoms with Crippen LogP contribution >= 0.6 is 15.9 Å². The molecule has 7 heteroatoms. The van der Waals surface area contributed by atoms with Crippen LogP contribution in [0.3, 0.4) is 0 Å². The second-order valence-corrected chi connectivity index (χ2v) is 7.54. The van der Waals surface area contributed by atoms with Gasteiger partial charge in [-0.25, -0.2) is 0 Å². The molecule has 0 heterocycles. The van der Waals surface area contributed by atoms with Crippen LogP contribution in [0, 0.1) is 0 Å². The van der Waals surface area contributed by atoms with Gasteiger partial charge in [-0.05, 0) is 48.7 Å². The molecule has 0 spiro atoms. The first kappa shape index (κ1) is 22.7. The van der Waals surface area contributed by atoms with Gasteiger partial charge in [-0.2, -0.15) is 0 Å². The molecule has 2 aromatic rings. The summed E-state index contributed by atoms with van der Waals surface area (Å²) < 4.78 is 11.5. The van der Waals surface area contributed by atoms with Gasteiger partial charge in [0.2, 0.25) is 11.8 Å². The molecule has 0 radical (unpaired) electrons. The number of nitrogens with one attached hydrogen (secondary N) is 1. The molecular weight excluding hydrogens is 436 g/mol. The molecule has 0 aliphatic carbocycles. The molecule has 2 rings (SSSR count). The van der Waals surface area contributed by atoms with E-state index in [1.165, 1.54) is 0 Å². The van der Waals surface area contributed by atoms with Crippen LogP contribution in [0.5, 0.6) is 11.5 Å². The maximum atomic E-state index is 13.0. The number of nitrogens with zero attached hydrogens (tertiary/aromatic N) is 1. The van der Waals surface area contributed by atoms with Crippen molar-refractivity contribution in [3.8, 4) is 11.5 Å². The Bertz CT molecular complexity index is 839. The smallest absolute Gasteiger partial charge is 0.242 e. The summed E-state index contributed by atoms with van der Waals surface area (Å²) >= 11 is 3.41. The third-order valence-electron chi connectivity index (χ3n) is 4.76. The van der Waals surface area contributed by atoms with Crippen LogP contribution in [0.2, 0.25) is 0 Å².